The number of carboxylic acids is 1. The van der Waals surface area contributed by atoms with Crippen molar-refractivity contribution in [1.29, 1.82) is 0 Å². The topological polar surface area (TPSA) is 59.0 Å². The van der Waals surface area contributed by atoms with E-state index < -0.39 is 5.97 Å². The zero-order valence-corrected chi connectivity index (χ0v) is 17.9. The molecule has 0 unspecified atom stereocenters. The van der Waals surface area contributed by atoms with Crippen LogP contribution in [0.2, 0.25) is 0 Å². The van der Waals surface area contributed by atoms with Gasteiger partial charge in [-0.25, -0.2) is 4.79 Å². The van der Waals surface area contributed by atoms with Gasteiger partial charge in [0.15, 0.2) is 11.5 Å². The van der Waals surface area contributed by atoms with Crippen LogP contribution in [0.15, 0.2) is 47.4 Å². The molecule has 0 atom stereocenters. The van der Waals surface area contributed by atoms with Crippen LogP contribution in [-0.2, 0) is 4.79 Å². The Morgan fingerprint density at radius 1 is 1.28 bits per heavy atom. The molecule has 1 aromatic carbocycles. The summed E-state index contributed by atoms with van der Waals surface area (Å²) in [5, 5.41) is 11.3. The van der Waals surface area contributed by atoms with E-state index >= 15 is 0 Å². The molecule has 2 heterocycles. The van der Waals surface area contributed by atoms with Crippen LogP contribution in [0.5, 0.6) is 11.5 Å². The third kappa shape index (κ3) is 4.89. The van der Waals surface area contributed by atoms with Crippen molar-refractivity contribution in [3.8, 4) is 11.5 Å². The number of carboxylic acid groups (broad SMARTS) is 1. The number of hydrogen-bond donors (Lipinski definition) is 1. The van der Waals surface area contributed by atoms with Crippen molar-refractivity contribution in [3.63, 3.8) is 0 Å². The molecule has 0 amide bonds. The molecule has 6 heteroatoms. The average Bonchev–Trinajstić information content (AvgIpc) is 3.16. The molecule has 1 N–H and O–H groups in total. The van der Waals surface area contributed by atoms with Gasteiger partial charge in [-0.3, -0.25) is 4.90 Å². The van der Waals surface area contributed by atoms with Gasteiger partial charge in [-0.2, -0.15) is 0 Å². The van der Waals surface area contributed by atoms with E-state index in [9.17, 15) is 9.90 Å². The van der Waals surface area contributed by atoms with Gasteiger partial charge < -0.3 is 14.6 Å². The number of rotatable bonds is 8. The van der Waals surface area contributed by atoms with Gasteiger partial charge in [-0.15, -0.1) is 11.3 Å². The second kappa shape index (κ2) is 9.76. The highest BCUT2D eigenvalue weighted by Gasteiger charge is 2.19. The van der Waals surface area contributed by atoms with E-state index in [-0.39, 0.29) is 0 Å². The molecular formula is C23H27NO4S. The van der Waals surface area contributed by atoms with Crippen LogP contribution in [0.1, 0.15) is 28.8 Å². The Bertz CT molecular complexity index is 929. The predicted molar refractivity (Wildman–Crippen MR) is 117 cm³/mol. The summed E-state index contributed by atoms with van der Waals surface area (Å²) < 4.78 is 11.2. The summed E-state index contributed by atoms with van der Waals surface area (Å²) in [7, 11) is 3.30. The SMILES string of the molecule is COc1cccc(C(=CCCN2CCC=C(C(=O)O)C2)c2sccc2C)c1OC. The number of ether oxygens (including phenoxy) is 2. The first kappa shape index (κ1) is 21.1. The number of benzene rings is 1. The maximum atomic E-state index is 11.3. The van der Waals surface area contributed by atoms with Crippen molar-refractivity contribution in [1.82, 2.24) is 4.90 Å². The van der Waals surface area contributed by atoms with Crippen LogP contribution in [0.4, 0.5) is 0 Å². The van der Waals surface area contributed by atoms with Crippen LogP contribution in [0.25, 0.3) is 5.57 Å². The lowest BCUT2D eigenvalue weighted by Crippen LogP contribution is -2.32. The first-order valence-corrected chi connectivity index (χ1v) is 10.5. The summed E-state index contributed by atoms with van der Waals surface area (Å²) in [5.74, 6) is 0.613. The van der Waals surface area contributed by atoms with Gasteiger partial charge in [0.25, 0.3) is 0 Å². The molecule has 154 valence electrons. The molecule has 2 aromatic rings. The number of methoxy groups -OCH3 is 2. The smallest absolute Gasteiger partial charge is 0.332 e. The maximum Gasteiger partial charge on any atom is 0.332 e. The van der Waals surface area contributed by atoms with Crippen LogP contribution in [0, 0.1) is 6.92 Å². The van der Waals surface area contributed by atoms with E-state index in [0.29, 0.717) is 17.9 Å². The van der Waals surface area contributed by atoms with Gasteiger partial charge in [0.05, 0.1) is 14.2 Å². The fraction of sp³-hybridized carbons (Fsp3) is 0.348. The quantitative estimate of drug-likeness (QED) is 0.685. The molecule has 0 saturated carbocycles. The van der Waals surface area contributed by atoms with E-state index in [0.717, 1.165) is 42.8 Å². The number of nitrogens with zero attached hydrogens (tertiary/aromatic N) is 1. The number of aryl methyl sites for hydroxylation is 1. The molecule has 0 fully saturated rings. The summed E-state index contributed by atoms with van der Waals surface area (Å²) in [4.78, 5) is 14.7. The van der Waals surface area contributed by atoms with E-state index in [2.05, 4.69) is 35.4 Å². The molecular weight excluding hydrogens is 386 g/mol. The lowest BCUT2D eigenvalue weighted by Gasteiger charge is -2.25. The number of hydrogen-bond acceptors (Lipinski definition) is 5. The molecule has 0 saturated heterocycles. The van der Waals surface area contributed by atoms with Crippen LogP contribution in [-0.4, -0.2) is 49.8 Å². The van der Waals surface area contributed by atoms with Crippen LogP contribution < -0.4 is 9.47 Å². The molecule has 1 aromatic heterocycles. The van der Waals surface area contributed by atoms with Crippen LogP contribution in [0.3, 0.4) is 0 Å². The summed E-state index contributed by atoms with van der Waals surface area (Å²) in [6.07, 6.45) is 5.66. The van der Waals surface area contributed by atoms with Crippen molar-refractivity contribution in [2.75, 3.05) is 33.9 Å². The third-order valence-electron chi connectivity index (χ3n) is 5.10. The molecule has 0 aliphatic carbocycles. The fourth-order valence-electron chi connectivity index (χ4n) is 3.62. The molecule has 3 rings (SSSR count). The maximum absolute atomic E-state index is 11.3. The minimum atomic E-state index is -0.818. The van der Waals surface area contributed by atoms with Gasteiger partial charge >= 0.3 is 5.97 Å². The Kier molecular flexibility index (Phi) is 7.12. The van der Waals surface area contributed by atoms with Crippen molar-refractivity contribution in [2.24, 2.45) is 0 Å². The number of carbonyl (C=O) groups is 1. The molecule has 29 heavy (non-hydrogen) atoms. The number of para-hydroxylation sites is 1. The van der Waals surface area contributed by atoms with Crippen molar-refractivity contribution in [3.05, 3.63) is 63.4 Å². The summed E-state index contributed by atoms with van der Waals surface area (Å²) >= 11 is 1.71. The minimum absolute atomic E-state index is 0.490. The van der Waals surface area contributed by atoms with Gasteiger partial charge in [0.2, 0.25) is 0 Å². The number of thiophene rings is 1. The van der Waals surface area contributed by atoms with Gasteiger partial charge in [-0.1, -0.05) is 24.3 Å². The molecule has 5 nitrogen and oxygen atoms in total. The van der Waals surface area contributed by atoms with E-state index in [1.165, 1.54) is 10.4 Å². The summed E-state index contributed by atoms with van der Waals surface area (Å²) in [6.45, 7) is 4.31. The van der Waals surface area contributed by atoms with E-state index in [1.807, 2.05) is 18.2 Å². The molecule has 1 aliphatic heterocycles. The summed E-state index contributed by atoms with van der Waals surface area (Å²) in [6, 6.07) is 8.05. The predicted octanol–water partition coefficient (Wildman–Crippen LogP) is 4.61. The standard InChI is InChI=1S/C23H27NO4S/c1-16-11-14-29-22(16)19(18-8-4-10-20(27-2)21(18)28-3)9-6-13-24-12-5-7-17(15-24)23(25)26/h4,7-11,14H,5-6,12-13,15H2,1-3H3,(H,25,26). The van der Waals surface area contributed by atoms with E-state index in [4.69, 9.17) is 9.47 Å². The Morgan fingerprint density at radius 2 is 2.10 bits per heavy atom. The number of aliphatic carboxylic acids is 1. The Balaban J connectivity index is 1.87. The largest absolute Gasteiger partial charge is 0.493 e. The van der Waals surface area contributed by atoms with Crippen LogP contribution >= 0.6 is 11.3 Å². The van der Waals surface area contributed by atoms with Crippen molar-refractivity contribution >= 4 is 22.9 Å². The average molecular weight is 414 g/mol. The van der Waals surface area contributed by atoms with Gasteiger partial charge in [-0.05, 0) is 48.4 Å². The Hall–Kier alpha value is -2.57. The molecule has 0 radical (unpaired) electrons. The molecule has 0 spiro atoms. The third-order valence-corrected chi connectivity index (χ3v) is 6.15. The van der Waals surface area contributed by atoms with Gasteiger partial charge in [0.1, 0.15) is 0 Å². The highest BCUT2D eigenvalue weighted by atomic mass is 32.1. The first-order chi connectivity index (χ1) is 14.0. The second-order valence-electron chi connectivity index (χ2n) is 6.98. The highest BCUT2D eigenvalue weighted by Crippen LogP contribution is 2.40. The summed E-state index contributed by atoms with van der Waals surface area (Å²) in [5.41, 5.74) is 3.84. The first-order valence-electron chi connectivity index (χ1n) is 9.65. The molecule has 1 aliphatic rings. The zero-order valence-electron chi connectivity index (χ0n) is 17.1. The zero-order chi connectivity index (χ0) is 20.8. The van der Waals surface area contributed by atoms with Crippen molar-refractivity contribution in [2.45, 2.75) is 19.8 Å². The lowest BCUT2D eigenvalue weighted by molar-refractivity contribution is -0.133. The fourth-order valence-corrected chi connectivity index (χ4v) is 4.60. The van der Waals surface area contributed by atoms with Gasteiger partial charge in [0, 0.05) is 35.6 Å². The normalized spacial score (nSPS) is 15.1. The lowest BCUT2D eigenvalue weighted by atomic mass is 9.99. The second-order valence-corrected chi connectivity index (χ2v) is 7.90. The Morgan fingerprint density at radius 3 is 2.76 bits per heavy atom. The Labute approximate surface area is 175 Å². The minimum Gasteiger partial charge on any atom is -0.493 e. The van der Waals surface area contributed by atoms with Crippen molar-refractivity contribution < 1.29 is 19.4 Å². The highest BCUT2D eigenvalue weighted by molar-refractivity contribution is 7.11. The monoisotopic (exact) mass is 413 g/mol. The molecule has 0 bridgehead atoms. The van der Waals surface area contributed by atoms with E-state index in [1.54, 1.807) is 25.6 Å².